The molecule has 2 aromatic heterocycles. The highest BCUT2D eigenvalue weighted by atomic mass is 32.1. The third-order valence-electron chi connectivity index (χ3n) is 4.88. The highest BCUT2D eigenvalue weighted by molar-refractivity contribution is 7.09. The van der Waals surface area contributed by atoms with Crippen LogP contribution in [0.2, 0.25) is 0 Å². The zero-order chi connectivity index (χ0) is 19.1. The van der Waals surface area contributed by atoms with E-state index in [-0.39, 0.29) is 6.04 Å². The molecule has 0 bridgehead atoms. The Morgan fingerprint density at radius 2 is 2.22 bits per heavy atom. The quantitative estimate of drug-likeness (QED) is 0.578. The highest BCUT2D eigenvalue weighted by Crippen LogP contribution is 2.25. The summed E-state index contributed by atoms with van der Waals surface area (Å²) >= 11 is 1.69. The first-order chi connectivity index (χ1) is 13.2. The second-order valence-electron chi connectivity index (χ2n) is 7.04. The summed E-state index contributed by atoms with van der Waals surface area (Å²) in [6, 6.07) is 4.24. The number of aryl methyl sites for hydroxylation is 1. The largest absolute Gasteiger partial charge is 0.468 e. The molecule has 1 unspecified atom stereocenters. The number of piperidine rings is 1. The minimum Gasteiger partial charge on any atom is -0.468 e. The number of rotatable bonds is 7. The lowest BCUT2D eigenvalue weighted by Crippen LogP contribution is -2.40. The van der Waals surface area contributed by atoms with Gasteiger partial charge in [-0.05, 0) is 51.9 Å². The number of hydrogen-bond donors (Lipinski definition) is 1. The van der Waals surface area contributed by atoms with Crippen LogP contribution in [0.1, 0.15) is 48.7 Å². The van der Waals surface area contributed by atoms with Gasteiger partial charge in [0.1, 0.15) is 5.76 Å². The predicted molar refractivity (Wildman–Crippen MR) is 111 cm³/mol. The number of guanidine groups is 1. The lowest BCUT2D eigenvalue weighted by Gasteiger charge is -2.33. The number of hydrogen-bond acceptors (Lipinski definition) is 5. The van der Waals surface area contributed by atoms with Crippen LogP contribution in [0.25, 0.3) is 0 Å². The van der Waals surface area contributed by atoms with Crippen molar-refractivity contribution >= 4 is 17.3 Å². The molecule has 3 heterocycles. The molecule has 1 N–H and O–H groups in total. The summed E-state index contributed by atoms with van der Waals surface area (Å²) in [7, 11) is 2.07. The van der Waals surface area contributed by atoms with Gasteiger partial charge in [0.2, 0.25) is 0 Å². The molecule has 0 aliphatic carbocycles. The fourth-order valence-corrected chi connectivity index (χ4v) is 4.14. The Bertz CT molecular complexity index is 706. The molecule has 1 saturated heterocycles. The van der Waals surface area contributed by atoms with E-state index in [0.29, 0.717) is 6.54 Å². The van der Waals surface area contributed by atoms with Gasteiger partial charge in [0.25, 0.3) is 0 Å². The summed E-state index contributed by atoms with van der Waals surface area (Å²) < 4.78 is 5.75. The van der Waals surface area contributed by atoms with Gasteiger partial charge < -0.3 is 14.6 Å². The van der Waals surface area contributed by atoms with E-state index >= 15 is 0 Å². The second kappa shape index (κ2) is 9.90. The number of nitrogens with one attached hydrogen (secondary N) is 1. The second-order valence-corrected chi connectivity index (χ2v) is 8.10. The first kappa shape index (κ1) is 19.9. The Morgan fingerprint density at radius 3 is 2.85 bits per heavy atom. The Labute approximate surface area is 166 Å². The van der Waals surface area contributed by atoms with Crippen molar-refractivity contribution in [3.05, 3.63) is 40.2 Å². The molecule has 3 rings (SSSR count). The van der Waals surface area contributed by atoms with Crippen LogP contribution in [0, 0.1) is 6.92 Å². The number of furan rings is 1. The molecule has 0 amide bonds. The van der Waals surface area contributed by atoms with Crippen molar-refractivity contribution in [2.75, 3.05) is 33.2 Å². The summed E-state index contributed by atoms with van der Waals surface area (Å²) in [5.41, 5.74) is 1.09. The van der Waals surface area contributed by atoms with Crippen molar-refractivity contribution in [1.29, 1.82) is 0 Å². The number of thiazole rings is 1. The van der Waals surface area contributed by atoms with Gasteiger partial charge >= 0.3 is 0 Å². The summed E-state index contributed by atoms with van der Waals surface area (Å²) in [6.45, 7) is 8.66. The summed E-state index contributed by atoms with van der Waals surface area (Å²) in [6.07, 6.45) is 5.59. The maximum atomic E-state index is 5.75. The van der Waals surface area contributed by atoms with Crippen LogP contribution >= 0.6 is 11.3 Å². The van der Waals surface area contributed by atoms with Gasteiger partial charge in [0.05, 0.1) is 36.1 Å². The highest BCUT2D eigenvalue weighted by Gasteiger charge is 2.24. The average Bonchev–Trinajstić information content (AvgIpc) is 3.34. The fourth-order valence-electron chi connectivity index (χ4n) is 3.54. The summed E-state index contributed by atoms with van der Waals surface area (Å²) in [5.74, 6) is 1.92. The molecule has 148 valence electrons. The topological polar surface area (TPSA) is 56.9 Å². The third-order valence-corrected chi connectivity index (χ3v) is 5.70. The molecule has 1 aliphatic heterocycles. The van der Waals surface area contributed by atoms with Crippen molar-refractivity contribution in [2.24, 2.45) is 4.99 Å². The van der Waals surface area contributed by atoms with E-state index < -0.39 is 0 Å². The van der Waals surface area contributed by atoms with E-state index in [1.807, 2.05) is 13.0 Å². The van der Waals surface area contributed by atoms with Crippen molar-refractivity contribution in [1.82, 2.24) is 20.1 Å². The fraction of sp³-hybridized carbons (Fsp3) is 0.600. The number of likely N-dealkylation sites (tertiary alicyclic amines) is 1. The van der Waals surface area contributed by atoms with Crippen molar-refractivity contribution in [2.45, 2.75) is 45.7 Å². The monoisotopic (exact) mass is 389 g/mol. The molecule has 1 atom stereocenters. The molecule has 0 radical (unpaired) electrons. The predicted octanol–water partition coefficient (Wildman–Crippen LogP) is 3.67. The van der Waals surface area contributed by atoms with Crippen LogP contribution in [-0.4, -0.2) is 54.0 Å². The lowest BCUT2D eigenvalue weighted by atomic mass is 10.1. The molecule has 27 heavy (non-hydrogen) atoms. The number of aliphatic imine (C=N–C) groups is 1. The molecule has 7 heteroatoms. The summed E-state index contributed by atoms with van der Waals surface area (Å²) in [4.78, 5) is 14.2. The van der Waals surface area contributed by atoms with Crippen molar-refractivity contribution in [3.8, 4) is 0 Å². The van der Waals surface area contributed by atoms with E-state index in [0.717, 1.165) is 48.6 Å². The molecular formula is C20H31N5OS. The van der Waals surface area contributed by atoms with Gasteiger partial charge in [-0.3, -0.25) is 9.89 Å². The molecule has 0 saturated carbocycles. The van der Waals surface area contributed by atoms with E-state index in [2.05, 4.69) is 45.5 Å². The Balaban J connectivity index is 1.72. The van der Waals surface area contributed by atoms with E-state index in [9.17, 15) is 0 Å². The Kier molecular flexibility index (Phi) is 7.29. The van der Waals surface area contributed by atoms with Crippen LogP contribution < -0.4 is 5.32 Å². The van der Waals surface area contributed by atoms with E-state index in [1.54, 1.807) is 17.6 Å². The van der Waals surface area contributed by atoms with Crippen LogP contribution in [0.4, 0.5) is 0 Å². The third kappa shape index (κ3) is 5.56. The zero-order valence-corrected chi connectivity index (χ0v) is 17.5. The van der Waals surface area contributed by atoms with E-state index in [4.69, 9.17) is 9.41 Å². The molecule has 6 nitrogen and oxygen atoms in total. The molecule has 1 fully saturated rings. The Hall–Kier alpha value is -1.86. The minimum absolute atomic E-state index is 0.198. The molecule has 2 aromatic rings. The van der Waals surface area contributed by atoms with Gasteiger partial charge in [0, 0.05) is 19.0 Å². The summed E-state index contributed by atoms with van der Waals surface area (Å²) in [5, 5.41) is 6.64. The van der Waals surface area contributed by atoms with Crippen molar-refractivity contribution in [3.63, 3.8) is 0 Å². The SMILES string of the molecule is CCNC(=NCC(c1ccco1)N1CCCCC1)N(C)Cc1csc(C)n1. The standard InChI is InChI=1S/C20H31N5OS/c1-4-21-20(24(3)14-17-15-27-16(2)23-17)22-13-18(19-9-8-12-26-19)25-10-6-5-7-11-25/h8-9,12,15,18H,4-7,10-11,13-14H2,1-3H3,(H,21,22). The van der Waals surface area contributed by atoms with Crippen molar-refractivity contribution < 1.29 is 4.42 Å². The van der Waals surface area contributed by atoms with Gasteiger partial charge in [-0.2, -0.15) is 0 Å². The smallest absolute Gasteiger partial charge is 0.194 e. The zero-order valence-electron chi connectivity index (χ0n) is 16.6. The maximum Gasteiger partial charge on any atom is 0.194 e. The molecule has 0 spiro atoms. The van der Waals surface area contributed by atoms with Gasteiger partial charge in [-0.15, -0.1) is 11.3 Å². The average molecular weight is 390 g/mol. The first-order valence-corrected chi connectivity index (χ1v) is 10.7. The van der Waals surface area contributed by atoms with Gasteiger partial charge in [-0.1, -0.05) is 6.42 Å². The van der Waals surface area contributed by atoms with Gasteiger partial charge in [0.15, 0.2) is 5.96 Å². The van der Waals surface area contributed by atoms with E-state index in [1.165, 1.54) is 19.3 Å². The van der Waals surface area contributed by atoms with Crippen LogP contribution in [0.3, 0.4) is 0 Å². The lowest BCUT2D eigenvalue weighted by molar-refractivity contribution is 0.150. The van der Waals surface area contributed by atoms with Crippen LogP contribution in [0.5, 0.6) is 0 Å². The Morgan fingerprint density at radius 1 is 1.41 bits per heavy atom. The molecular weight excluding hydrogens is 358 g/mol. The number of nitrogens with zero attached hydrogens (tertiary/aromatic N) is 4. The minimum atomic E-state index is 0.198. The maximum absolute atomic E-state index is 5.75. The van der Waals surface area contributed by atoms with Crippen LogP contribution in [-0.2, 0) is 6.54 Å². The van der Waals surface area contributed by atoms with Gasteiger partial charge in [-0.25, -0.2) is 4.98 Å². The first-order valence-electron chi connectivity index (χ1n) is 9.85. The number of aromatic nitrogens is 1. The normalized spacial score (nSPS) is 17.1. The molecule has 0 aromatic carbocycles. The van der Waals surface area contributed by atoms with Crippen LogP contribution in [0.15, 0.2) is 33.2 Å². The molecule has 1 aliphatic rings.